The maximum absolute atomic E-state index is 12.9. The highest BCUT2D eigenvalue weighted by Crippen LogP contribution is 2.28. The Morgan fingerprint density at radius 2 is 1.50 bits per heavy atom. The first-order valence-corrected chi connectivity index (χ1v) is 8.49. The molecule has 3 aromatic rings. The Balaban J connectivity index is 1.97. The summed E-state index contributed by atoms with van der Waals surface area (Å²) in [4.78, 5) is 33.2. The van der Waals surface area contributed by atoms with E-state index in [0.29, 0.717) is 0 Å². The largest absolute Gasteiger partial charge is 0.330 e. The average Bonchev–Trinajstić information content (AvgIpc) is 3.30. The third-order valence-electron chi connectivity index (χ3n) is 5.06. The molecule has 134 valence electrons. The molecule has 26 heavy (non-hydrogen) atoms. The second-order valence-electron chi connectivity index (χ2n) is 6.55. The van der Waals surface area contributed by atoms with Crippen LogP contribution in [0.4, 0.5) is 0 Å². The Morgan fingerprint density at radius 1 is 0.885 bits per heavy atom. The molecule has 0 atom stereocenters. The summed E-state index contributed by atoms with van der Waals surface area (Å²) in [6.07, 6.45) is 10.1. The fraction of sp³-hybridized carbons (Fsp3) is 0.300. The van der Waals surface area contributed by atoms with E-state index >= 15 is 0 Å². The van der Waals surface area contributed by atoms with Gasteiger partial charge in [0.2, 0.25) is 5.91 Å². The lowest BCUT2D eigenvalue weighted by molar-refractivity contribution is 0.0913. The highest BCUT2D eigenvalue weighted by molar-refractivity contribution is 5.99. The second-order valence-corrected chi connectivity index (χ2v) is 6.55. The van der Waals surface area contributed by atoms with Crippen molar-refractivity contribution in [3.8, 4) is 0 Å². The van der Waals surface area contributed by atoms with E-state index in [9.17, 15) is 9.59 Å². The van der Waals surface area contributed by atoms with Crippen LogP contribution in [0.1, 0.15) is 43.0 Å². The van der Waals surface area contributed by atoms with Crippen molar-refractivity contribution in [3.05, 3.63) is 70.8 Å². The molecule has 0 aliphatic heterocycles. The van der Waals surface area contributed by atoms with Gasteiger partial charge in [-0.2, -0.15) is 0 Å². The van der Waals surface area contributed by atoms with Gasteiger partial charge >= 0.3 is 0 Å². The summed E-state index contributed by atoms with van der Waals surface area (Å²) in [5.74, 6) is 0.0154. The van der Waals surface area contributed by atoms with Crippen molar-refractivity contribution in [3.63, 3.8) is 0 Å². The number of Topliss-reactive ketones (excluding diaryl/α,β-unsaturated/α-hetero) is 1. The summed E-state index contributed by atoms with van der Waals surface area (Å²) in [5, 5.41) is 0. The maximum atomic E-state index is 12.9. The van der Waals surface area contributed by atoms with Crippen LogP contribution in [0, 0.1) is 27.7 Å². The highest BCUT2D eigenvalue weighted by atomic mass is 16.2. The van der Waals surface area contributed by atoms with Gasteiger partial charge in [-0.05, 0) is 55.5 Å². The number of nitrogens with zero attached hydrogens (tertiary/aromatic N) is 4. The predicted molar refractivity (Wildman–Crippen MR) is 98.5 cm³/mol. The lowest BCUT2D eigenvalue weighted by atomic mass is 9.86. The number of hydrogen-bond donors (Lipinski definition) is 0. The quantitative estimate of drug-likeness (QED) is 0.663. The van der Waals surface area contributed by atoms with Crippen LogP contribution in [0.2, 0.25) is 0 Å². The van der Waals surface area contributed by atoms with Crippen molar-refractivity contribution < 1.29 is 9.59 Å². The van der Waals surface area contributed by atoms with Crippen LogP contribution in [0.3, 0.4) is 0 Å². The molecule has 0 unspecified atom stereocenters. The van der Waals surface area contributed by atoms with Gasteiger partial charge in [-0.1, -0.05) is 0 Å². The summed E-state index contributed by atoms with van der Waals surface area (Å²) in [6.45, 7) is 8.12. The van der Waals surface area contributed by atoms with Crippen molar-refractivity contribution >= 4 is 11.7 Å². The molecule has 0 spiro atoms. The smallest absolute Gasteiger partial charge is 0.236 e. The van der Waals surface area contributed by atoms with Crippen molar-refractivity contribution in [2.45, 2.75) is 40.7 Å². The van der Waals surface area contributed by atoms with E-state index in [1.165, 1.54) is 10.9 Å². The standard InChI is InChI=1S/C20H22N4O2/c1-13-15(3)20(18(25)10-23-7-5-21-11-23)16(4)14(2)17(13)9-19(26)24-8-6-22-12-24/h5-8,11-12H,9-10H2,1-4H3. The maximum Gasteiger partial charge on any atom is 0.236 e. The number of benzene rings is 1. The van der Waals surface area contributed by atoms with Crippen molar-refractivity contribution in [1.29, 1.82) is 0 Å². The molecule has 3 rings (SSSR count). The summed E-state index contributed by atoms with van der Waals surface area (Å²) in [7, 11) is 0. The van der Waals surface area contributed by atoms with E-state index in [2.05, 4.69) is 9.97 Å². The number of carbonyl (C=O) groups is 2. The predicted octanol–water partition coefficient (Wildman–Crippen LogP) is 3.08. The molecule has 0 saturated carbocycles. The molecule has 0 fully saturated rings. The van der Waals surface area contributed by atoms with Crippen molar-refractivity contribution in [2.75, 3.05) is 0 Å². The number of imidazole rings is 2. The Morgan fingerprint density at radius 3 is 2.04 bits per heavy atom. The van der Waals surface area contributed by atoms with Crippen LogP contribution in [0.5, 0.6) is 0 Å². The van der Waals surface area contributed by atoms with Gasteiger partial charge in [-0.3, -0.25) is 14.2 Å². The van der Waals surface area contributed by atoms with Crippen LogP contribution in [-0.4, -0.2) is 30.8 Å². The van der Waals surface area contributed by atoms with E-state index in [-0.39, 0.29) is 24.7 Å². The molecule has 0 aliphatic rings. The number of aromatic nitrogens is 4. The van der Waals surface area contributed by atoms with Gasteiger partial charge in [0, 0.05) is 30.4 Å². The summed E-state index contributed by atoms with van der Waals surface area (Å²) < 4.78 is 3.25. The summed E-state index contributed by atoms with van der Waals surface area (Å²) in [6, 6.07) is 0. The molecule has 1 aromatic carbocycles. The van der Waals surface area contributed by atoms with E-state index < -0.39 is 0 Å². The average molecular weight is 350 g/mol. The third kappa shape index (κ3) is 3.22. The van der Waals surface area contributed by atoms with E-state index in [1.807, 2.05) is 27.7 Å². The van der Waals surface area contributed by atoms with Crippen LogP contribution in [0.25, 0.3) is 0 Å². The molecule has 6 heteroatoms. The Bertz CT molecular complexity index is 925. The first-order valence-electron chi connectivity index (χ1n) is 8.49. The molecule has 0 aliphatic carbocycles. The Kier molecular flexibility index (Phi) is 4.84. The molecular weight excluding hydrogens is 328 g/mol. The minimum Gasteiger partial charge on any atom is -0.330 e. The molecule has 6 nitrogen and oxygen atoms in total. The van der Waals surface area contributed by atoms with Gasteiger partial charge in [0.1, 0.15) is 6.33 Å². The van der Waals surface area contributed by atoms with Gasteiger partial charge in [0.15, 0.2) is 5.78 Å². The molecule has 0 N–H and O–H groups in total. The third-order valence-corrected chi connectivity index (χ3v) is 5.06. The van der Waals surface area contributed by atoms with Crippen molar-refractivity contribution in [2.24, 2.45) is 0 Å². The van der Waals surface area contributed by atoms with Gasteiger partial charge in [0.05, 0.1) is 19.3 Å². The zero-order chi connectivity index (χ0) is 18.8. The zero-order valence-electron chi connectivity index (χ0n) is 15.5. The number of hydrogen-bond acceptors (Lipinski definition) is 4. The monoisotopic (exact) mass is 350 g/mol. The molecule has 0 bridgehead atoms. The Labute approximate surface area is 152 Å². The topological polar surface area (TPSA) is 69.8 Å². The molecule has 0 radical (unpaired) electrons. The number of carbonyl (C=O) groups excluding carboxylic acids is 2. The SMILES string of the molecule is Cc1c(C)c(C(=O)Cn2ccnc2)c(C)c(C)c1CC(=O)n1ccnc1. The van der Waals surface area contributed by atoms with Gasteiger partial charge in [-0.25, -0.2) is 9.97 Å². The molecule has 0 saturated heterocycles. The van der Waals surface area contributed by atoms with E-state index in [4.69, 9.17) is 0 Å². The van der Waals surface area contributed by atoms with Crippen LogP contribution >= 0.6 is 0 Å². The van der Waals surface area contributed by atoms with Crippen molar-refractivity contribution in [1.82, 2.24) is 19.1 Å². The molecule has 2 aromatic heterocycles. The normalized spacial score (nSPS) is 10.9. The molecular formula is C20H22N4O2. The minimum absolute atomic E-state index is 0.0370. The number of ketones is 1. The van der Waals surface area contributed by atoms with Gasteiger partial charge in [-0.15, -0.1) is 0 Å². The van der Waals surface area contributed by atoms with Gasteiger partial charge in [0.25, 0.3) is 0 Å². The first kappa shape index (κ1) is 17.8. The summed E-state index contributed by atoms with van der Waals surface area (Å²) in [5.41, 5.74) is 5.59. The van der Waals surface area contributed by atoms with Crippen LogP contribution < -0.4 is 0 Å². The lowest BCUT2D eigenvalue weighted by Gasteiger charge is -2.20. The fourth-order valence-corrected chi connectivity index (χ4v) is 3.35. The minimum atomic E-state index is -0.0370. The van der Waals surface area contributed by atoms with E-state index in [0.717, 1.165) is 33.4 Å². The van der Waals surface area contributed by atoms with Crippen LogP contribution in [-0.2, 0) is 13.0 Å². The molecule has 0 amide bonds. The fourth-order valence-electron chi connectivity index (χ4n) is 3.35. The zero-order valence-corrected chi connectivity index (χ0v) is 15.5. The Hall–Kier alpha value is -3.02. The van der Waals surface area contributed by atoms with Crippen LogP contribution in [0.15, 0.2) is 37.4 Å². The second kappa shape index (κ2) is 7.07. The first-order chi connectivity index (χ1) is 12.4. The molecule has 2 heterocycles. The number of rotatable bonds is 5. The lowest BCUT2D eigenvalue weighted by Crippen LogP contribution is -2.18. The van der Waals surface area contributed by atoms with E-state index in [1.54, 1.807) is 35.7 Å². The van der Waals surface area contributed by atoms with Gasteiger partial charge < -0.3 is 4.57 Å². The highest BCUT2D eigenvalue weighted by Gasteiger charge is 2.21. The summed E-state index contributed by atoms with van der Waals surface area (Å²) >= 11 is 0.